The van der Waals surface area contributed by atoms with E-state index in [9.17, 15) is 4.79 Å². The molecule has 1 saturated heterocycles. The third-order valence-electron chi connectivity index (χ3n) is 3.67. The van der Waals surface area contributed by atoms with Gasteiger partial charge in [0.15, 0.2) is 5.11 Å². The quantitative estimate of drug-likeness (QED) is 0.687. The van der Waals surface area contributed by atoms with Crippen LogP contribution in [0.3, 0.4) is 0 Å². The lowest BCUT2D eigenvalue weighted by Crippen LogP contribution is -2.42. The van der Waals surface area contributed by atoms with E-state index in [1.807, 2.05) is 24.3 Å². The minimum Gasteiger partial charge on any atom is -0.497 e. The van der Waals surface area contributed by atoms with Crippen molar-refractivity contribution in [1.29, 1.82) is 0 Å². The lowest BCUT2D eigenvalue weighted by Gasteiger charge is -2.22. The van der Waals surface area contributed by atoms with Gasteiger partial charge in [0.05, 0.1) is 7.11 Å². The predicted molar refractivity (Wildman–Crippen MR) is 92.8 cm³/mol. The zero-order valence-electron chi connectivity index (χ0n) is 12.9. The number of amides is 1. The van der Waals surface area contributed by atoms with Crippen LogP contribution in [-0.2, 0) is 4.79 Å². The average Bonchev–Trinajstić information content (AvgIpc) is 2.82. The lowest BCUT2D eigenvalue weighted by molar-refractivity contribution is -0.115. The molecule has 0 aromatic heterocycles. The van der Waals surface area contributed by atoms with Crippen molar-refractivity contribution in [1.82, 2.24) is 10.2 Å². The Hall–Kier alpha value is -1.88. The normalized spacial score (nSPS) is 15.4. The van der Waals surface area contributed by atoms with Crippen molar-refractivity contribution in [3.63, 3.8) is 0 Å². The number of nitrogens with zero attached hydrogens (tertiary/aromatic N) is 1. The fraction of sp³-hybridized carbons (Fsp3) is 0.412. The largest absolute Gasteiger partial charge is 0.497 e. The topological polar surface area (TPSA) is 41.6 Å². The van der Waals surface area contributed by atoms with Crippen LogP contribution in [-0.4, -0.2) is 36.1 Å². The Morgan fingerprint density at radius 2 is 1.82 bits per heavy atom. The molecular weight excluding hydrogens is 296 g/mol. The molecule has 1 aliphatic rings. The van der Waals surface area contributed by atoms with E-state index >= 15 is 0 Å². The second kappa shape index (κ2) is 8.54. The summed E-state index contributed by atoms with van der Waals surface area (Å²) in [4.78, 5) is 14.0. The number of likely N-dealkylation sites (tertiary alicyclic amines) is 1. The number of thiocarbonyl (C=S) groups is 1. The van der Waals surface area contributed by atoms with Crippen LogP contribution in [0.1, 0.15) is 31.2 Å². The predicted octanol–water partition coefficient (Wildman–Crippen LogP) is 2.99. The molecule has 1 aliphatic heterocycles. The fourth-order valence-corrected chi connectivity index (χ4v) is 2.67. The number of ether oxygens (including phenoxy) is 1. The van der Waals surface area contributed by atoms with Gasteiger partial charge in [-0.2, -0.15) is 0 Å². The molecule has 1 aromatic rings. The van der Waals surface area contributed by atoms with E-state index < -0.39 is 0 Å². The molecule has 0 bridgehead atoms. The first-order valence-electron chi connectivity index (χ1n) is 7.61. The first-order valence-corrected chi connectivity index (χ1v) is 8.02. The smallest absolute Gasteiger partial charge is 0.250 e. The van der Waals surface area contributed by atoms with Crippen molar-refractivity contribution in [2.45, 2.75) is 25.7 Å². The number of methoxy groups -OCH3 is 1. The fourth-order valence-electron chi connectivity index (χ4n) is 2.39. The third kappa shape index (κ3) is 5.15. The Balaban J connectivity index is 1.85. The van der Waals surface area contributed by atoms with E-state index in [2.05, 4.69) is 10.2 Å². The number of nitrogens with one attached hydrogen (secondary N) is 1. The van der Waals surface area contributed by atoms with Crippen molar-refractivity contribution < 1.29 is 9.53 Å². The number of hydrogen-bond donors (Lipinski definition) is 1. The van der Waals surface area contributed by atoms with Gasteiger partial charge in [-0.3, -0.25) is 10.1 Å². The average molecular weight is 318 g/mol. The number of benzene rings is 1. The minimum atomic E-state index is -0.190. The Bertz CT molecular complexity index is 532. The van der Waals surface area contributed by atoms with Gasteiger partial charge in [0.25, 0.3) is 0 Å². The highest BCUT2D eigenvalue weighted by molar-refractivity contribution is 7.80. The van der Waals surface area contributed by atoms with E-state index in [-0.39, 0.29) is 5.91 Å². The SMILES string of the molecule is COc1ccc(/C=C/C(=O)NC(=S)N2CCCCCC2)cc1. The van der Waals surface area contributed by atoms with Crippen LogP contribution in [0.15, 0.2) is 30.3 Å². The van der Waals surface area contributed by atoms with Gasteiger partial charge in [-0.25, -0.2) is 0 Å². The second-order valence-corrected chi connectivity index (χ2v) is 5.69. The number of hydrogen-bond acceptors (Lipinski definition) is 3. The van der Waals surface area contributed by atoms with Crippen molar-refractivity contribution in [2.24, 2.45) is 0 Å². The molecule has 0 saturated carbocycles. The first kappa shape index (κ1) is 16.5. The summed E-state index contributed by atoms with van der Waals surface area (Å²) < 4.78 is 5.10. The van der Waals surface area contributed by atoms with Crippen LogP contribution < -0.4 is 10.1 Å². The van der Waals surface area contributed by atoms with Crippen LogP contribution in [0.5, 0.6) is 5.75 Å². The molecule has 4 nitrogen and oxygen atoms in total. The summed E-state index contributed by atoms with van der Waals surface area (Å²) in [6.45, 7) is 1.86. The summed E-state index contributed by atoms with van der Waals surface area (Å²) in [6.07, 6.45) is 8.02. The van der Waals surface area contributed by atoms with Gasteiger partial charge in [0.1, 0.15) is 5.75 Å². The molecular formula is C17H22N2O2S. The van der Waals surface area contributed by atoms with Crippen molar-refractivity contribution >= 4 is 29.3 Å². The Kier molecular flexibility index (Phi) is 6.40. The van der Waals surface area contributed by atoms with Crippen molar-refractivity contribution in [2.75, 3.05) is 20.2 Å². The standard InChI is InChI=1S/C17H22N2O2S/c1-21-15-9-6-14(7-10-15)8-11-16(20)18-17(22)19-12-4-2-3-5-13-19/h6-11H,2-5,12-13H2,1H3,(H,18,20,22)/b11-8+. The van der Waals surface area contributed by atoms with Crippen molar-refractivity contribution in [3.8, 4) is 5.75 Å². The zero-order valence-corrected chi connectivity index (χ0v) is 13.7. The molecule has 22 heavy (non-hydrogen) atoms. The zero-order chi connectivity index (χ0) is 15.8. The molecule has 0 spiro atoms. The van der Waals surface area contributed by atoms with Gasteiger partial charge < -0.3 is 9.64 Å². The minimum absolute atomic E-state index is 0.190. The molecule has 118 valence electrons. The summed E-state index contributed by atoms with van der Waals surface area (Å²) in [5.41, 5.74) is 0.941. The highest BCUT2D eigenvalue weighted by Gasteiger charge is 2.13. The number of rotatable bonds is 3. The second-order valence-electron chi connectivity index (χ2n) is 5.30. The molecule has 5 heteroatoms. The monoisotopic (exact) mass is 318 g/mol. The molecule has 0 aliphatic carbocycles. The van der Waals surface area contributed by atoms with E-state index in [4.69, 9.17) is 17.0 Å². The summed E-state index contributed by atoms with van der Waals surface area (Å²) in [5.74, 6) is 0.606. The van der Waals surface area contributed by atoms with E-state index in [1.54, 1.807) is 13.2 Å². The van der Waals surface area contributed by atoms with E-state index in [1.165, 1.54) is 18.9 Å². The summed E-state index contributed by atoms with van der Waals surface area (Å²) in [5, 5.41) is 3.31. The first-order chi connectivity index (χ1) is 10.7. The molecule has 0 atom stereocenters. The van der Waals surface area contributed by atoms with Gasteiger partial charge >= 0.3 is 0 Å². The summed E-state index contributed by atoms with van der Waals surface area (Å²) >= 11 is 5.32. The molecule has 0 radical (unpaired) electrons. The molecule has 1 amide bonds. The third-order valence-corrected chi connectivity index (χ3v) is 4.03. The maximum atomic E-state index is 11.9. The van der Waals surface area contributed by atoms with Crippen LogP contribution in [0, 0.1) is 0 Å². The Labute approximate surface area is 137 Å². The molecule has 1 aromatic carbocycles. The number of carbonyl (C=O) groups excluding carboxylic acids is 1. The van der Waals surface area contributed by atoms with Gasteiger partial charge in [-0.05, 0) is 48.8 Å². The van der Waals surface area contributed by atoms with Crippen LogP contribution in [0.25, 0.3) is 6.08 Å². The van der Waals surface area contributed by atoms with Gasteiger partial charge in [0.2, 0.25) is 5.91 Å². The molecule has 1 fully saturated rings. The van der Waals surface area contributed by atoms with Gasteiger partial charge in [0, 0.05) is 19.2 Å². The maximum Gasteiger partial charge on any atom is 0.250 e. The van der Waals surface area contributed by atoms with E-state index in [0.29, 0.717) is 5.11 Å². The lowest BCUT2D eigenvalue weighted by atomic mass is 10.2. The van der Waals surface area contributed by atoms with Crippen molar-refractivity contribution in [3.05, 3.63) is 35.9 Å². The van der Waals surface area contributed by atoms with Crippen LogP contribution >= 0.6 is 12.2 Å². The summed E-state index contributed by atoms with van der Waals surface area (Å²) in [6, 6.07) is 7.52. The van der Waals surface area contributed by atoms with Gasteiger partial charge in [-0.1, -0.05) is 25.0 Å². The van der Waals surface area contributed by atoms with E-state index in [0.717, 1.165) is 37.2 Å². The van der Waals surface area contributed by atoms with Crippen LogP contribution in [0.4, 0.5) is 0 Å². The Morgan fingerprint density at radius 1 is 1.18 bits per heavy atom. The maximum absolute atomic E-state index is 11.9. The van der Waals surface area contributed by atoms with Gasteiger partial charge in [-0.15, -0.1) is 0 Å². The van der Waals surface area contributed by atoms with Crippen LogP contribution in [0.2, 0.25) is 0 Å². The summed E-state index contributed by atoms with van der Waals surface area (Å²) in [7, 11) is 1.63. The Morgan fingerprint density at radius 3 is 2.41 bits per heavy atom. The highest BCUT2D eigenvalue weighted by Crippen LogP contribution is 2.12. The molecule has 1 N–H and O–H groups in total. The highest BCUT2D eigenvalue weighted by atomic mass is 32.1. The molecule has 1 heterocycles. The molecule has 0 unspecified atom stereocenters. The number of carbonyl (C=O) groups is 1. The molecule has 2 rings (SSSR count).